The second-order valence-electron chi connectivity index (χ2n) is 8.75. The highest BCUT2D eigenvalue weighted by molar-refractivity contribution is 5.81. The Bertz CT molecular complexity index is 1230. The minimum absolute atomic E-state index is 0.302. The lowest BCUT2D eigenvalue weighted by molar-refractivity contribution is 0.127. The SMILES string of the molecule is Cc1cc2cc(Oc3ccnc(Nc4cccc(CN5CCC(CO)CC5)c4)n3)ccc2[nH]1. The number of aryl methyl sites for hydroxylation is 1. The highest BCUT2D eigenvalue weighted by atomic mass is 16.5. The van der Waals surface area contributed by atoms with Gasteiger partial charge in [-0.2, -0.15) is 4.98 Å². The first-order valence-electron chi connectivity index (χ1n) is 11.4. The number of ether oxygens (including phenoxy) is 1. The minimum Gasteiger partial charge on any atom is -0.439 e. The van der Waals surface area contributed by atoms with E-state index in [-0.39, 0.29) is 0 Å². The number of H-pyrrole nitrogens is 1. The summed E-state index contributed by atoms with van der Waals surface area (Å²) in [6.07, 6.45) is 3.82. The molecule has 1 aliphatic heterocycles. The molecule has 2 aromatic heterocycles. The maximum Gasteiger partial charge on any atom is 0.230 e. The highest BCUT2D eigenvalue weighted by Gasteiger charge is 2.18. The number of benzene rings is 2. The number of hydrogen-bond donors (Lipinski definition) is 3. The molecule has 0 spiro atoms. The molecule has 0 radical (unpaired) electrons. The second kappa shape index (κ2) is 9.60. The van der Waals surface area contributed by atoms with Gasteiger partial charge in [0.15, 0.2) is 0 Å². The summed E-state index contributed by atoms with van der Waals surface area (Å²) in [6, 6.07) is 18.1. The summed E-state index contributed by atoms with van der Waals surface area (Å²) >= 11 is 0. The van der Waals surface area contributed by atoms with Gasteiger partial charge >= 0.3 is 0 Å². The van der Waals surface area contributed by atoms with E-state index in [0.717, 1.165) is 60.5 Å². The Morgan fingerprint density at radius 1 is 1.12 bits per heavy atom. The van der Waals surface area contributed by atoms with Gasteiger partial charge in [0.25, 0.3) is 0 Å². The molecule has 0 unspecified atom stereocenters. The quantitative estimate of drug-likeness (QED) is 0.372. The molecule has 3 heterocycles. The number of fused-ring (bicyclic) bond motifs is 1. The van der Waals surface area contributed by atoms with Crippen LogP contribution in [0, 0.1) is 12.8 Å². The third-order valence-electron chi connectivity index (χ3n) is 6.13. The van der Waals surface area contributed by atoms with E-state index >= 15 is 0 Å². The first kappa shape index (κ1) is 21.4. The number of anilines is 2. The van der Waals surface area contributed by atoms with Gasteiger partial charge < -0.3 is 20.1 Å². The molecular weight excluding hydrogens is 414 g/mol. The van der Waals surface area contributed by atoms with Gasteiger partial charge in [0, 0.05) is 47.7 Å². The lowest BCUT2D eigenvalue weighted by Gasteiger charge is -2.31. The number of piperidine rings is 1. The molecule has 0 amide bonds. The molecule has 7 heteroatoms. The van der Waals surface area contributed by atoms with E-state index in [0.29, 0.717) is 24.4 Å². The summed E-state index contributed by atoms with van der Waals surface area (Å²) in [6.45, 7) is 5.30. The van der Waals surface area contributed by atoms with E-state index in [4.69, 9.17) is 4.74 Å². The molecular formula is C26H29N5O2. The zero-order valence-corrected chi connectivity index (χ0v) is 18.8. The Morgan fingerprint density at radius 3 is 2.85 bits per heavy atom. The van der Waals surface area contributed by atoms with Gasteiger partial charge in [-0.25, -0.2) is 4.98 Å². The maximum atomic E-state index is 9.34. The van der Waals surface area contributed by atoms with Gasteiger partial charge in [-0.1, -0.05) is 12.1 Å². The van der Waals surface area contributed by atoms with Gasteiger partial charge in [0.2, 0.25) is 11.8 Å². The van der Waals surface area contributed by atoms with Crippen molar-refractivity contribution >= 4 is 22.5 Å². The van der Waals surface area contributed by atoms with Crippen LogP contribution in [0.4, 0.5) is 11.6 Å². The fourth-order valence-electron chi connectivity index (χ4n) is 4.36. The van der Waals surface area contributed by atoms with E-state index in [2.05, 4.69) is 43.4 Å². The van der Waals surface area contributed by atoms with Crippen LogP contribution in [0.5, 0.6) is 11.6 Å². The van der Waals surface area contributed by atoms with E-state index in [1.54, 1.807) is 12.3 Å². The number of hydrogen-bond acceptors (Lipinski definition) is 6. The molecule has 0 atom stereocenters. The lowest BCUT2D eigenvalue weighted by Crippen LogP contribution is -2.34. The summed E-state index contributed by atoms with van der Waals surface area (Å²) in [5, 5.41) is 13.7. The zero-order valence-electron chi connectivity index (χ0n) is 18.8. The number of nitrogens with zero attached hydrogens (tertiary/aromatic N) is 3. The molecule has 3 N–H and O–H groups in total. The monoisotopic (exact) mass is 443 g/mol. The van der Waals surface area contributed by atoms with Crippen molar-refractivity contribution in [3.63, 3.8) is 0 Å². The zero-order chi connectivity index (χ0) is 22.6. The molecule has 1 fully saturated rings. The van der Waals surface area contributed by atoms with Gasteiger partial charge in [-0.3, -0.25) is 4.90 Å². The van der Waals surface area contributed by atoms with E-state index in [1.807, 2.05) is 37.3 Å². The van der Waals surface area contributed by atoms with Crippen molar-refractivity contribution in [2.45, 2.75) is 26.3 Å². The molecule has 33 heavy (non-hydrogen) atoms. The third-order valence-corrected chi connectivity index (χ3v) is 6.13. The Kier molecular flexibility index (Phi) is 6.24. The average molecular weight is 444 g/mol. The van der Waals surface area contributed by atoms with Gasteiger partial charge in [0.1, 0.15) is 5.75 Å². The summed E-state index contributed by atoms with van der Waals surface area (Å²) in [7, 11) is 0. The largest absolute Gasteiger partial charge is 0.439 e. The van der Waals surface area contributed by atoms with Crippen LogP contribution in [-0.2, 0) is 6.54 Å². The number of aliphatic hydroxyl groups excluding tert-OH is 1. The Labute approximate surface area is 193 Å². The number of aromatic amines is 1. The van der Waals surface area contributed by atoms with Crippen LogP contribution < -0.4 is 10.1 Å². The second-order valence-corrected chi connectivity index (χ2v) is 8.75. The fraction of sp³-hybridized carbons (Fsp3) is 0.308. The van der Waals surface area contributed by atoms with Crippen LogP contribution in [0.1, 0.15) is 24.1 Å². The highest BCUT2D eigenvalue weighted by Crippen LogP contribution is 2.26. The first-order chi connectivity index (χ1) is 16.1. The molecule has 4 aromatic rings. The van der Waals surface area contributed by atoms with Crippen LogP contribution in [0.25, 0.3) is 10.9 Å². The van der Waals surface area contributed by atoms with Gasteiger partial charge in [-0.15, -0.1) is 0 Å². The molecule has 1 saturated heterocycles. The van der Waals surface area contributed by atoms with E-state index in [9.17, 15) is 5.11 Å². The van der Waals surface area contributed by atoms with Crippen molar-refractivity contribution in [2.24, 2.45) is 5.92 Å². The van der Waals surface area contributed by atoms with Crippen LogP contribution in [0.15, 0.2) is 60.8 Å². The fourth-order valence-corrected chi connectivity index (χ4v) is 4.36. The number of aliphatic hydroxyl groups is 1. The van der Waals surface area contributed by atoms with Crippen LogP contribution in [0.3, 0.4) is 0 Å². The topological polar surface area (TPSA) is 86.3 Å². The Hall–Kier alpha value is -3.42. The van der Waals surface area contributed by atoms with Crippen LogP contribution >= 0.6 is 0 Å². The lowest BCUT2D eigenvalue weighted by atomic mass is 9.97. The van der Waals surface area contributed by atoms with Crippen molar-refractivity contribution in [2.75, 3.05) is 25.0 Å². The summed E-state index contributed by atoms with van der Waals surface area (Å²) in [5.74, 6) is 2.17. The predicted molar refractivity (Wildman–Crippen MR) is 130 cm³/mol. The Morgan fingerprint density at radius 2 is 2.00 bits per heavy atom. The van der Waals surface area contributed by atoms with Crippen molar-refractivity contribution in [1.82, 2.24) is 19.9 Å². The summed E-state index contributed by atoms with van der Waals surface area (Å²) in [5.41, 5.74) is 4.39. The molecule has 5 rings (SSSR count). The van der Waals surface area contributed by atoms with Gasteiger partial charge in [-0.05, 0) is 80.7 Å². The summed E-state index contributed by atoms with van der Waals surface area (Å²) in [4.78, 5) is 14.6. The summed E-state index contributed by atoms with van der Waals surface area (Å²) < 4.78 is 5.99. The molecule has 7 nitrogen and oxygen atoms in total. The third kappa shape index (κ3) is 5.32. The standard InChI is InChI=1S/C26H29N5O2/c1-18-13-21-15-23(5-6-24(21)28-18)33-25-7-10-27-26(30-25)29-22-4-2-3-20(14-22)16-31-11-8-19(17-32)9-12-31/h2-7,10,13-15,19,28,32H,8-9,11-12,16-17H2,1H3,(H,27,29,30). The Balaban J connectivity index is 1.24. The molecule has 1 aliphatic rings. The molecule has 0 saturated carbocycles. The first-order valence-corrected chi connectivity index (χ1v) is 11.4. The van der Waals surface area contributed by atoms with Crippen molar-refractivity contribution in [1.29, 1.82) is 0 Å². The van der Waals surface area contributed by atoms with Crippen molar-refractivity contribution in [3.05, 3.63) is 72.1 Å². The normalized spacial score (nSPS) is 15.1. The number of likely N-dealkylation sites (tertiary alicyclic amines) is 1. The van der Waals surface area contributed by atoms with E-state index in [1.165, 1.54) is 5.56 Å². The van der Waals surface area contributed by atoms with Crippen LogP contribution in [-0.4, -0.2) is 44.7 Å². The number of aromatic nitrogens is 3. The van der Waals surface area contributed by atoms with Crippen LogP contribution in [0.2, 0.25) is 0 Å². The average Bonchev–Trinajstić information content (AvgIpc) is 3.19. The maximum absolute atomic E-state index is 9.34. The smallest absolute Gasteiger partial charge is 0.230 e. The predicted octanol–water partition coefficient (Wildman–Crippen LogP) is 5.01. The van der Waals surface area contributed by atoms with Gasteiger partial charge in [0.05, 0.1) is 0 Å². The van der Waals surface area contributed by atoms with Crippen molar-refractivity contribution in [3.8, 4) is 11.6 Å². The molecule has 0 bridgehead atoms. The number of nitrogens with one attached hydrogen (secondary N) is 2. The van der Waals surface area contributed by atoms with Crippen molar-refractivity contribution < 1.29 is 9.84 Å². The minimum atomic E-state index is 0.302. The molecule has 2 aromatic carbocycles. The van der Waals surface area contributed by atoms with E-state index < -0.39 is 0 Å². The molecule has 170 valence electrons. The molecule has 0 aliphatic carbocycles. The number of rotatable bonds is 7.